The molecule has 0 N–H and O–H groups in total. The van der Waals surface area contributed by atoms with Crippen LogP contribution < -0.4 is 4.74 Å². The molecule has 0 saturated carbocycles. The molecule has 0 amide bonds. The Kier molecular flexibility index (Phi) is 3.22. The second kappa shape index (κ2) is 5.02. The number of hydrogen-bond donors (Lipinski definition) is 0. The number of hydrogen-bond acceptors (Lipinski definition) is 2. The maximum absolute atomic E-state index is 11.4. The molecule has 0 spiro atoms. The van der Waals surface area contributed by atoms with E-state index in [1.807, 2.05) is 30.3 Å². The lowest BCUT2D eigenvalue weighted by Crippen LogP contribution is -2.08. The van der Waals surface area contributed by atoms with Crippen molar-refractivity contribution >= 4 is 43.4 Å². The van der Waals surface area contributed by atoms with E-state index in [0.717, 1.165) is 16.2 Å². The summed E-state index contributed by atoms with van der Waals surface area (Å²) in [6.45, 7) is 0. The monoisotopic (exact) mass is 314 g/mol. The molecule has 0 radical (unpaired) electrons. The molecule has 2 nitrogen and oxygen atoms in total. The van der Waals surface area contributed by atoms with Gasteiger partial charge in [-0.05, 0) is 34.4 Å². The molecule has 3 heteroatoms. The topological polar surface area (TPSA) is 26.3 Å². The second-order valence-electron chi connectivity index (χ2n) is 4.28. The van der Waals surface area contributed by atoms with Gasteiger partial charge in [0.05, 0.1) is 0 Å². The summed E-state index contributed by atoms with van der Waals surface area (Å²) in [5.74, 6) is 0.313. The van der Waals surface area contributed by atoms with Crippen molar-refractivity contribution in [1.29, 1.82) is 0 Å². The molecule has 0 aliphatic rings. The second-order valence-corrected chi connectivity index (χ2v) is 4.85. The van der Waals surface area contributed by atoms with Gasteiger partial charge in [-0.2, -0.15) is 0 Å². The Balaban J connectivity index is 2.23. The number of carbonyl (C=O) groups excluding carboxylic acids is 1. The molecule has 0 aliphatic heterocycles. The zero-order valence-corrected chi connectivity index (χ0v) is 11.7. The normalized spacial score (nSPS) is 10.8. The molecular formula is C16H11BrO2. The van der Waals surface area contributed by atoms with Gasteiger partial charge in [0.1, 0.15) is 11.1 Å². The van der Waals surface area contributed by atoms with Gasteiger partial charge in [0.2, 0.25) is 0 Å². The summed E-state index contributed by atoms with van der Waals surface area (Å²) in [5.41, 5.74) is 0. The highest BCUT2D eigenvalue weighted by atomic mass is 79.9. The lowest BCUT2D eigenvalue weighted by molar-refractivity contribution is -0.131. The van der Waals surface area contributed by atoms with E-state index in [2.05, 4.69) is 40.2 Å². The first-order chi connectivity index (χ1) is 9.28. The quantitative estimate of drug-likeness (QED) is 0.305. The summed E-state index contributed by atoms with van der Waals surface area (Å²) >= 11 is 3.10. The number of halogens is 1. The minimum Gasteiger partial charge on any atom is -0.425 e. The molecular weight excluding hydrogens is 304 g/mol. The average molecular weight is 315 g/mol. The molecule has 3 aromatic rings. The van der Waals surface area contributed by atoms with E-state index in [1.54, 1.807) is 0 Å². The van der Waals surface area contributed by atoms with Crippen molar-refractivity contribution in [1.82, 2.24) is 0 Å². The fourth-order valence-electron chi connectivity index (χ4n) is 2.18. The summed E-state index contributed by atoms with van der Waals surface area (Å²) in [7, 11) is 0. The van der Waals surface area contributed by atoms with Crippen molar-refractivity contribution < 1.29 is 9.53 Å². The number of alkyl halides is 1. The summed E-state index contributed by atoms with van der Waals surface area (Å²) < 4.78 is 5.34. The van der Waals surface area contributed by atoms with Crippen LogP contribution in [0.3, 0.4) is 0 Å². The SMILES string of the molecule is O=C(CBr)Oc1cccc2cc3ccccc3cc12. The van der Waals surface area contributed by atoms with Crippen molar-refractivity contribution in [2.75, 3.05) is 5.33 Å². The zero-order chi connectivity index (χ0) is 13.2. The summed E-state index contributed by atoms with van der Waals surface area (Å²) in [5, 5.41) is 4.53. The highest BCUT2D eigenvalue weighted by Crippen LogP contribution is 2.30. The van der Waals surface area contributed by atoms with Gasteiger partial charge in [-0.1, -0.05) is 52.3 Å². The summed E-state index contributed by atoms with van der Waals surface area (Å²) in [4.78, 5) is 11.4. The van der Waals surface area contributed by atoms with Crippen LogP contribution in [0.4, 0.5) is 0 Å². The van der Waals surface area contributed by atoms with E-state index in [0.29, 0.717) is 5.75 Å². The van der Waals surface area contributed by atoms with Crippen LogP contribution in [0.25, 0.3) is 21.5 Å². The third kappa shape index (κ3) is 2.34. The highest BCUT2D eigenvalue weighted by Gasteiger charge is 2.07. The van der Waals surface area contributed by atoms with Crippen LogP contribution in [0.15, 0.2) is 54.6 Å². The van der Waals surface area contributed by atoms with Crippen LogP contribution in [0.1, 0.15) is 0 Å². The molecule has 0 saturated heterocycles. The van der Waals surface area contributed by atoms with Crippen molar-refractivity contribution in [2.24, 2.45) is 0 Å². The van der Waals surface area contributed by atoms with E-state index in [-0.39, 0.29) is 11.3 Å². The van der Waals surface area contributed by atoms with Crippen molar-refractivity contribution in [3.05, 3.63) is 54.6 Å². The standard InChI is InChI=1S/C16H11BrO2/c17-10-16(18)19-15-7-3-6-13-8-11-4-1-2-5-12(11)9-14(13)15/h1-9H,10H2. The van der Waals surface area contributed by atoms with Gasteiger partial charge in [-0.3, -0.25) is 4.79 Å². The van der Waals surface area contributed by atoms with E-state index in [9.17, 15) is 4.79 Å². The Bertz CT molecular complexity index is 765. The molecule has 0 aliphatic carbocycles. The molecule has 0 aromatic heterocycles. The zero-order valence-electron chi connectivity index (χ0n) is 10.1. The Morgan fingerprint density at radius 1 is 0.947 bits per heavy atom. The van der Waals surface area contributed by atoms with Crippen molar-refractivity contribution in [2.45, 2.75) is 0 Å². The van der Waals surface area contributed by atoms with E-state index in [4.69, 9.17) is 4.74 Å². The number of carbonyl (C=O) groups is 1. The minimum atomic E-state index is -0.291. The molecule has 0 bridgehead atoms. The molecule has 3 rings (SSSR count). The number of rotatable bonds is 2. The van der Waals surface area contributed by atoms with Gasteiger partial charge < -0.3 is 4.74 Å². The fraction of sp³-hybridized carbons (Fsp3) is 0.0625. The maximum atomic E-state index is 11.4. The first-order valence-corrected chi connectivity index (χ1v) is 7.08. The molecule has 0 heterocycles. The van der Waals surface area contributed by atoms with E-state index < -0.39 is 0 Å². The predicted molar refractivity (Wildman–Crippen MR) is 80.9 cm³/mol. The Hall–Kier alpha value is -1.87. The predicted octanol–water partition coefficient (Wildman–Crippen LogP) is 4.29. The first kappa shape index (κ1) is 12.2. The number of esters is 1. The Morgan fingerprint density at radius 2 is 1.63 bits per heavy atom. The van der Waals surface area contributed by atoms with Crippen molar-refractivity contribution in [3.63, 3.8) is 0 Å². The summed E-state index contributed by atoms with van der Waals surface area (Å²) in [6.07, 6.45) is 0. The molecule has 0 atom stereocenters. The Morgan fingerprint density at radius 3 is 2.37 bits per heavy atom. The van der Waals surface area contributed by atoms with Gasteiger partial charge in [-0.25, -0.2) is 0 Å². The lowest BCUT2D eigenvalue weighted by Gasteiger charge is -2.08. The Labute approximate surface area is 119 Å². The first-order valence-electron chi connectivity index (χ1n) is 5.96. The third-order valence-corrected chi connectivity index (χ3v) is 3.50. The van der Waals surface area contributed by atoms with Crippen LogP contribution in [-0.4, -0.2) is 11.3 Å². The highest BCUT2D eigenvalue weighted by molar-refractivity contribution is 9.09. The van der Waals surface area contributed by atoms with E-state index >= 15 is 0 Å². The number of fused-ring (bicyclic) bond motifs is 2. The van der Waals surface area contributed by atoms with Gasteiger partial charge >= 0.3 is 5.97 Å². The van der Waals surface area contributed by atoms with Gasteiger partial charge in [0, 0.05) is 5.39 Å². The lowest BCUT2D eigenvalue weighted by atomic mass is 10.0. The molecule has 0 unspecified atom stereocenters. The van der Waals surface area contributed by atoms with Crippen LogP contribution >= 0.6 is 15.9 Å². The summed E-state index contributed by atoms with van der Waals surface area (Å²) in [6, 6.07) is 18.0. The van der Waals surface area contributed by atoms with Crippen LogP contribution in [0, 0.1) is 0 Å². The molecule has 3 aromatic carbocycles. The molecule has 19 heavy (non-hydrogen) atoms. The van der Waals surface area contributed by atoms with Gasteiger partial charge in [-0.15, -0.1) is 0 Å². The number of benzene rings is 3. The van der Waals surface area contributed by atoms with E-state index in [1.165, 1.54) is 5.39 Å². The maximum Gasteiger partial charge on any atom is 0.321 e. The largest absolute Gasteiger partial charge is 0.425 e. The third-order valence-electron chi connectivity index (χ3n) is 3.04. The average Bonchev–Trinajstić information content (AvgIpc) is 2.45. The van der Waals surface area contributed by atoms with Crippen LogP contribution in [-0.2, 0) is 4.79 Å². The molecule has 0 fully saturated rings. The van der Waals surface area contributed by atoms with Gasteiger partial charge in [0.25, 0.3) is 0 Å². The van der Waals surface area contributed by atoms with Crippen molar-refractivity contribution in [3.8, 4) is 5.75 Å². The number of ether oxygens (including phenoxy) is 1. The van der Waals surface area contributed by atoms with Gasteiger partial charge in [0.15, 0.2) is 0 Å². The van der Waals surface area contributed by atoms with Crippen LogP contribution in [0.2, 0.25) is 0 Å². The minimum absolute atomic E-state index is 0.191. The smallest absolute Gasteiger partial charge is 0.321 e. The fourth-order valence-corrected chi connectivity index (χ4v) is 2.29. The van der Waals surface area contributed by atoms with Crippen LogP contribution in [0.5, 0.6) is 5.75 Å². The molecule has 94 valence electrons.